The fourth-order valence-electron chi connectivity index (χ4n) is 0.0315. The van der Waals surface area contributed by atoms with Crippen LogP contribution >= 0.6 is 20.9 Å². The van der Waals surface area contributed by atoms with Gasteiger partial charge in [-0.15, -0.1) is 0 Å². The first kappa shape index (κ1) is 5.64. The predicted molar refractivity (Wildman–Crippen MR) is 22.3 cm³/mol. The van der Waals surface area contributed by atoms with Crippen LogP contribution < -0.4 is 0 Å². The second-order valence-electron chi connectivity index (χ2n) is 0.365. The Morgan fingerprint density at radius 3 is 2.40 bits per heavy atom. The van der Waals surface area contributed by atoms with Gasteiger partial charge in [0, 0.05) is 7.11 Å². The first-order valence-electron chi connectivity index (χ1n) is 0.971. The summed E-state index contributed by atoms with van der Waals surface area (Å²) in [6.07, 6.45) is 0. The summed E-state index contributed by atoms with van der Waals surface area (Å²) >= 11 is 4.69. The fourth-order valence-corrected chi connectivity index (χ4v) is 0.283. The second-order valence-corrected chi connectivity index (χ2v) is 1.56. The number of rotatable bonds is 2. The summed E-state index contributed by atoms with van der Waals surface area (Å²) in [5.74, 6) is 0. The van der Waals surface area contributed by atoms with Gasteiger partial charge < -0.3 is 4.52 Å². The van der Waals surface area contributed by atoms with Crippen LogP contribution in [0.2, 0.25) is 0 Å². The van der Waals surface area contributed by atoms with Gasteiger partial charge in [-0.25, -0.2) is 4.08 Å². The van der Waals surface area contributed by atoms with Crippen LogP contribution in [0.1, 0.15) is 0 Å². The lowest BCUT2D eigenvalue weighted by Gasteiger charge is -1.82. The highest BCUT2D eigenvalue weighted by Crippen LogP contribution is 2.11. The van der Waals surface area contributed by atoms with E-state index >= 15 is 0 Å². The molecule has 0 heterocycles. The van der Waals surface area contributed by atoms with Gasteiger partial charge in [-0.2, -0.15) is 0 Å². The lowest BCUT2D eigenvalue weighted by molar-refractivity contribution is 0.427. The lowest BCUT2D eigenvalue weighted by atomic mass is 11.8. The Labute approximate surface area is 37.5 Å². The predicted octanol–water partition coefficient (Wildman–Crippen LogP) is 1.31. The Morgan fingerprint density at radius 1 is 1.80 bits per heavy atom. The van der Waals surface area contributed by atoms with E-state index in [1.54, 1.807) is 0 Å². The van der Waals surface area contributed by atoms with Gasteiger partial charge in [0.15, 0.2) is 9.03 Å². The summed E-state index contributed by atoms with van der Waals surface area (Å²) in [5.41, 5.74) is 0. The number of hydrogen-bond donors (Lipinski definition) is 0. The van der Waals surface area contributed by atoms with Crippen LogP contribution in [0.3, 0.4) is 0 Å². The summed E-state index contributed by atoms with van der Waals surface area (Å²) in [7, 11) is 1.48. The van der Waals surface area contributed by atoms with Gasteiger partial charge in [-0.3, -0.25) is 0 Å². The Balaban J connectivity index is 2.19. The smallest absolute Gasteiger partial charge is 0.177 e. The molecule has 0 aliphatic heterocycles. The van der Waals surface area contributed by atoms with E-state index in [9.17, 15) is 0 Å². The van der Waals surface area contributed by atoms with Crippen molar-refractivity contribution in [1.82, 2.24) is 0 Å². The molecule has 0 fully saturated rings. The molecule has 0 aromatic rings. The summed E-state index contributed by atoms with van der Waals surface area (Å²) < 4.78 is 8.33. The maximum atomic E-state index is 4.69. The zero-order valence-electron chi connectivity index (χ0n) is 2.69. The van der Waals surface area contributed by atoms with Gasteiger partial charge in [0.2, 0.25) is 0 Å². The average Bonchev–Trinajstić information content (AvgIpc) is 1.41. The van der Waals surface area contributed by atoms with Crippen molar-refractivity contribution in [3.05, 3.63) is 0 Å². The highest BCUT2D eigenvalue weighted by Gasteiger charge is 1.67. The molecular weight excluding hydrogens is 110 g/mol. The standard InChI is InChI=1S/CH4ClO2P/c1-3-5-4-2/h5H,1H3. The van der Waals surface area contributed by atoms with Crippen molar-refractivity contribution in [2.45, 2.75) is 0 Å². The molecule has 0 amide bonds. The summed E-state index contributed by atoms with van der Waals surface area (Å²) in [5, 5.41) is 0. The molecular formula is CH4ClO2P. The molecule has 0 aromatic heterocycles. The third-order valence-corrected chi connectivity index (χ3v) is 0.533. The van der Waals surface area contributed by atoms with Crippen molar-refractivity contribution < 1.29 is 8.60 Å². The van der Waals surface area contributed by atoms with Crippen LogP contribution in [0.25, 0.3) is 0 Å². The maximum Gasteiger partial charge on any atom is 0.177 e. The van der Waals surface area contributed by atoms with Crippen LogP contribution in [0.15, 0.2) is 0 Å². The van der Waals surface area contributed by atoms with E-state index < -0.39 is 0 Å². The molecule has 0 radical (unpaired) electrons. The van der Waals surface area contributed by atoms with Crippen molar-refractivity contribution in [2.24, 2.45) is 0 Å². The summed E-state index contributed by atoms with van der Waals surface area (Å²) in [6.45, 7) is 0. The molecule has 0 rings (SSSR count). The second kappa shape index (κ2) is 4.64. The Hall–Kier alpha value is 0.640. The molecule has 0 saturated heterocycles. The number of hydrogen-bond acceptors (Lipinski definition) is 2. The third kappa shape index (κ3) is 4.64. The molecule has 1 unspecified atom stereocenters. The quantitative estimate of drug-likeness (QED) is 0.504. The molecule has 2 nitrogen and oxygen atoms in total. The molecule has 0 aliphatic carbocycles. The van der Waals surface area contributed by atoms with Gasteiger partial charge in [0.25, 0.3) is 0 Å². The largest absolute Gasteiger partial charge is 0.339 e. The van der Waals surface area contributed by atoms with E-state index in [2.05, 4.69) is 20.5 Å². The minimum Gasteiger partial charge on any atom is -0.339 e. The molecule has 1 atom stereocenters. The molecule has 0 aromatic carbocycles. The minimum atomic E-state index is -0.0370. The van der Waals surface area contributed by atoms with Crippen molar-refractivity contribution in [3.8, 4) is 0 Å². The molecule has 5 heavy (non-hydrogen) atoms. The van der Waals surface area contributed by atoms with E-state index in [-0.39, 0.29) is 9.03 Å². The molecule has 0 bridgehead atoms. The van der Waals surface area contributed by atoms with Gasteiger partial charge in [-0.05, 0) is 0 Å². The highest BCUT2D eigenvalue weighted by molar-refractivity contribution is 7.27. The fraction of sp³-hybridized carbons (Fsp3) is 1.00. The average molecular weight is 114 g/mol. The third-order valence-electron chi connectivity index (χ3n) is 0.115. The highest BCUT2D eigenvalue weighted by atomic mass is 35.5. The molecule has 0 N–H and O–H groups in total. The van der Waals surface area contributed by atoms with Crippen molar-refractivity contribution in [2.75, 3.05) is 7.11 Å². The van der Waals surface area contributed by atoms with Gasteiger partial charge in [0.05, 0.1) is 11.9 Å². The topological polar surface area (TPSA) is 18.5 Å². The van der Waals surface area contributed by atoms with E-state index in [4.69, 9.17) is 0 Å². The normalized spacial score (nSPS) is 10.8. The summed E-state index contributed by atoms with van der Waals surface area (Å²) in [4.78, 5) is 0. The van der Waals surface area contributed by atoms with E-state index in [0.29, 0.717) is 0 Å². The van der Waals surface area contributed by atoms with Gasteiger partial charge in [-0.1, -0.05) is 0 Å². The van der Waals surface area contributed by atoms with Crippen molar-refractivity contribution in [3.63, 3.8) is 0 Å². The van der Waals surface area contributed by atoms with Crippen LogP contribution in [0, 0.1) is 0 Å². The zero-order valence-corrected chi connectivity index (χ0v) is 4.45. The van der Waals surface area contributed by atoms with Crippen LogP contribution in [0.4, 0.5) is 0 Å². The Kier molecular flexibility index (Phi) is 5.23. The van der Waals surface area contributed by atoms with Gasteiger partial charge in [0.1, 0.15) is 0 Å². The van der Waals surface area contributed by atoms with Gasteiger partial charge >= 0.3 is 0 Å². The Morgan fingerprint density at radius 2 is 2.40 bits per heavy atom. The molecule has 32 valence electrons. The van der Waals surface area contributed by atoms with Crippen LogP contribution in [0.5, 0.6) is 0 Å². The van der Waals surface area contributed by atoms with E-state index in [1.165, 1.54) is 7.11 Å². The van der Waals surface area contributed by atoms with Crippen molar-refractivity contribution in [1.29, 1.82) is 0 Å². The van der Waals surface area contributed by atoms with Crippen LogP contribution in [-0.4, -0.2) is 7.11 Å². The number of halogens is 1. The molecule has 0 aliphatic rings. The Bertz CT molecular complexity index is 17.1. The van der Waals surface area contributed by atoms with Crippen molar-refractivity contribution >= 4 is 20.9 Å². The monoisotopic (exact) mass is 114 g/mol. The maximum absolute atomic E-state index is 4.69. The summed E-state index contributed by atoms with van der Waals surface area (Å²) in [6, 6.07) is 0. The SMILES string of the molecule is COPOCl. The molecule has 0 spiro atoms. The first-order valence-corrected chi connectivity index (χ1v) is 2.10. The van der Waals surface area contributed by atoms with E-state index in [1.807, 2.05) is 0 Å². The lowest BCUT2D eigenvalue weighted by Crippen LogP contribution is -1.53. The minimum absolute atomic E-state index is 0.0370. The van der Waals surface area contributed by atoms with Crippen LogP contribution in [-0.2, 0) is 8.60 Å². The zero-order chi connectivity index (χ0) is 4.12. The molecule has 0 saturated carbocycles. The first-order chi connectivity index (χ1) is 2.41. The van der Waals surface area contributed by atoms with E-state index in [0.717, 1.165) is 0 Å². The molecule has 4 heteroatoms.